The van der Waals surface area contributed by atoms with Gasteiger partial charge in [0.1, 0.15) is 12.1 Å². The number of benzene rings is 1. The number of nitrogens with zero attached hydrogens (tertiary/aromatic N) is 3. The summed E-state index contributed by atoms with van der Waals surface area (Å²) in [5, 5.41) is 3.11. The summed E-state index contributed by atoms with van der Waals surface area (Å²) in [6.07, 6.45) is 10.1. The molecule has 1 amide bonds. The Morgan fingerprint density at radius 1 is 1.27 bits per heavy atom. The van der Waals surface area contributed by atoms with Crippen LogP contribution in [0.25, 0.3) is 5.82 Å². The summed E-state index contributed by atoms with van der Waals surface area (Å²) in [6.45, 7) is 2.54. The van der Waals surface area contributed by atoms with Crippen LogP contribution in [0.3, 0.4) is 0 Å². The summed E-state index contributed by atoms with van der Waals surface area (Å²) in [7, 11) is 0. The number of rotatable bonds is 4. The lowest BCUT2D eigenvalue weighted by Gasteiger charge is -2.34. The number of aromatic nitrogens is 3. The van der Waals surface area contributed by atoms with Crippen LogP contribution in [0.5, 0.6) is 0 Å². The van der Waals surface area contributed by atoms with Crippen LogP contribution in [-0.4, -0.2) is 20.4 Å². The average molecular weight is 346 g/mol. The van der Waals surface area contributed by atoms with E-state index in [1.54, 1.807) is 18.7 Å². The molecule has 5 nitrogen and oxygen atoms in total. The van der Waals surface area contributed by atoms with Gasteiger partial charge < -0.3 is 5.32 Å². The van der Waals surface area contributed by atoms with Crippen LogP contribution in [0, 0.1) is 0 Å². The minimum atomic E-state index is -0.459. The minimum Gasteiger partial charge on any atom is -0.351 e. The highest BCUT2D eigenvalue weighted by Gasteiger charge is 2.38. The van der Waals surface area contributed by atoms with Gasteiger partial charge in [0.25, 0.3) is 0 Å². The van der Waals surface area contributed by atoms with Gasteiger partial charge in [-0.3, -0.25) is 9.36 Å². The summed E-state index contributed by atoms with van der Waals surface area (Å²) in [5.41, 5.74) is 2.98. The Kier molecular flexibility index (Phi) is 4.29. The summed E-state index contributed by atoms with van der Waals surface area (Å²) in [5.74, 6) is 0.897. The second-order valence-corrected chi connectivity index (χ2v) is 7.02. The van der Waals surface area contributed by atoms with Gasteiger partial charge in [-0.1, -0.05) is 30.3 Å². The highest BCUT2D eigenvalue weighted by atomic mass is 16.2. The smallest absolute Gasteiger partial charge is 0.230 e. The second kappa shape index (κ2) is 6.75. The number of hydrogen-bond acceptors (Lipinski definition) is 3. The SMILES string of the molecule is CC1(C(=O)NCc2ccc(-n3ccnc3)nc2)CCCc2ccccc21. The van der Waals surface area contributed by atoms with Crippen molar-refractivity contribution in [2.45, 2.75) is 38.1 Å². The lowest BCUT2D eigenvalue weighted by atomic mass is 9.70. The number of hydrogen-bond donors (Lipinski definition) is 1. The van der Waals surface area contributed by atoms with Crippen LogP contribution < -0.4 is 5.32 Å². The number of pyridine rings is 1. The summed E-state index contributed by atoms with van der Waals surface area (Å²) in [6, 6.07) is 12.2. The molecule has 0 aliphatic heterocycles. The quantitative estimate of drug-likeness (QED) is 0.789. The molecule has 0 saturated carbocycles. The highest BCUT2D eigenvalue weighted by Crippen LogP contribution is 2.37. The normalized spacial score (nSPS) is 19.0. The van der Waals surface area contributed by atoms with E-state index >= 15 is 0 Å². The zero-order valence-electron chi connectivity index (χ0n) is 14.9. The van der Waals surface area contributed by atoms with E-state index < -0.39 is 5.41 Å². The van der Waals surface area contributed by atoms with Crippen molar-refractivity contribution in [3.63, 3.8) is 0 Å². The third-order valence-electron chi connectivity index (χ3n) is 5.27. The molecule has 1 atom stereocenters. The van der Waals surface area contributed by atoms with E-state index in [2.05, 4.69) is 40.4 Å². The molecule has 0 spiro atoms. The van der Waals surface area contributed by atoms with Crippen molar-refractivity contribution in [2.75, 3.05) is 0 Å². The third kappa shape index (κ3) is 3.01. The molecule has 1 aromatic carbocycles. The van der Waals surface area contributed by atoms with Gasteiger partial charge in [-0.15, -0.1) is 0 Å². The fourth-order valence-electron chi connectivity index (χ4n) is 3.73. The number of fused-ring (bicyclic) bond motifs is 1. The van der Waals surface area contributed by atoms with Crippen molar-refractivity contribution in [3.8, 4) is 5.82 Å². The van der Waals surface area contributed by atoms with Crippen molar-refractivity contribution in [2.24, 2.45) is 0 Å². The number of carbonyl (C=O) groups excluding carboxylic acids is 1. The van der Waals surface area contributed by atoms with Gasteiger partial charge in [-0.05, 0) is 48.9 Å². The molecule has 26 heavy (non-hydrogen) atoms. The van der Waals surface area contributed by atoms with Crippen molar-refractivity contribution in [1.82, 2.24) is 19.9 Å². The summed E-state index contributed by atoms with van der Waals surface area (Å²) in [4.78, 5) is 21.4. The molecule has 0 fully saturated rings. The molecule has 2 aromatic heterocycles. The Bertz CT molecular complexity index is 902. The van der Waals surface area contributed by atoms with Gasteiger partial charge in [0, 0.05) is 25.1 Å². The van der Waals surface area contributed by atoms with E-state index in [0.717, 1.165) is 36.2 Å². The fourth-order valence-corrected chi connectivity index (χ4v) is 3.73. The monoisotopic (exact) mass is 346 g/mol. The Labute approximate surface area is 153 Å². The van der Waals surface area contributed by atoms with Gasteiger partial charge in [0.15, 0.2) is 0 Å². The highest BCUT2D eigenvalue weighted by molar-refractivity contribution is 5.88. The van der Waals surface area contributed by atoms with Gasteiger partial charge in [0.2, 0.25) is 5.91 Å². The zero-order valence-corrected chi connectivity index (χ0v) is 14.9. The average Bonchev–Trinajstić information content (AvgIpc) is 3.22. The maximum atomic E-state index is 13.0. The fraction of sp³-hybridized carbons (Fsp3) is 0.286. The number of nitrogens with one attached hydrogen (secondary N) is 1. The topological polar surface area (TPSA) is 59.8 Å². The molecule has 1 N–H and O–H groups in total. The molecule has 2 heterocycles. The molecule has 0 radical (unpaired) electrons. The standard InChI is InChI=1S/C21H22N4O/c1-21(10-4-6-17-5-2-3-7-18(17)21)20(26)24-14-16-8-9-19(23-13-16)25-12-11-22-15-25/h2-3,5,7-9,11-13,15H,4,6,10,14H2,1H3,(H,24,26). The van der Waals surface area contributed by atoms with Crippen LogP contribution in [0.1, 0.15) is 36.5 Å². The first-order chi connectivity index (χ1) is 12.7. The van der Waals surface area contributed by atoms with E-state index in [9.17, 15) is 4.79 Å². The first kappa shape index (κ1) is 16.5. The summed E-state index contributed by atoms with van der Waals surface area (Å²) < 4.78 is 1.85. The molecule has 0 bridgehead atoms. The van der Waals surface area contributed by atoms with Crippen LogP contribution in [0.4, 0.5) is 0 Å². The largest absolute Gasteiger partial charge is 0.351 e. The van der Waals surface area contributed by atoms with Gasteiger partial charge in [-0.25, -0.2) is 9.97 Å². The van der Waals surface area contributed by atoms with E-state index in [-0.39, 0.29) is 5.91 Å². The predicted molar refractivity (Wildman–Crippen MR) is 99.9 cm³/mol. The van der Waals surface area contributed by atoms with E-state index in [1.165, 1.54) is 5.56 Å². The number of carbonyl (C=O) groups is 1. The Morgan fingerprint density at radius 3 is 2.92 bits per heavy atom. The summed E-state index contributed by atoms with van der Waals surface area (Å²) >= 11 is 0. The van der Waals surface area contributed by atoms with E-state index in [0.29, 0.717) is 6.54 Å². The van der Waals surface area contributed by atoms with E-state index in [4.69, 9.17) is 0 Å². The van der Waals surface area contributed by atoms with Gasteiger partial charge in [-0.2, -0.15) is 0 Å². The van der Waals surface area contributed by atoms with Gasteiger partial charge >= 0.3 is 0 Å². The lowest BCUT2D eigenvalue weighted by molar-refractivity contribution is -0.126. The minimum absolute atomic E-state index is 0.0864. The maximum Gasteiger partial charge on any atom is 0.230 e. The Morgan fingerprint density at radius 2 is 2.15 bits per heavy atom. The molecular formula is C21H22N4O. The molecule has 132 valence electrons. The number of amides is 1. The Hall–Kier alpha value is -2.95. The van der Waals surface area contributed by atoms with Crippen LogP contribution in [-0.2, 0) is 23.2 Å². The van der Waals surface area contributed by atoms with Crippen molar-refractivity contribution >= 4 is 5.91 Å². The first-order valence-corrected chi connectivity index (χ1v) is 8.97. The second-order valence-electron chi connectivity index (χ2n) is 7.02. The Balaban J connectivity index is 1.46. The lowest BCUT2D eigenvalue weighted by Crippen LogP contribution is -2.44. The van der Waals surface area contributed by atoms with Crippen molar-refractivity contribution < 1.29 is 4.79 Å². The molecule has 1 aliphatic rings. The van der Waals surface area contributed by atoms with Crippen molar-refractivity contribution in [3.05, 3.63) is 78.0 Å². The first-order valence-electron chi connectivity index (χ1n) is 8.97. The van der Waals surface area contributed by atoms with E-state index in [1.807, 2.05) is 29.0 Å². The number of aryl methyl sites for hydroxylation is 1. The molecule has 3 aromatic rings. The van der Waals surface area contributed by atoms with Gasteiger partial charge in [0.05, 0.1) is 5.41 Å². The third-order valence-corrected chi connectivity index (χ3v) is 5.27. The van der Waals surface area contributed by atoms with Crippen LogP contribution in [0.15, 0.2) is 61.3 Å². The molecule has 5 heteroatoms. The zero-order chi connectivity index (χ0) is 18.0. The molecule has 1 aliphatic carbocycles. The molecule has 0 saturated heterocycles. The predicted octanol–water partition coefficient (Wildman–Crippen LogP) is 3.18. The van der Waals surface area contributed by atoms with Crippen LogP contribution in [0.2, 0.25) is 0 Å². The molecule has 4 rings (SSSR count). The van der Waals surface area contributed by atoms with Crippen LogP contribution >= 0.6 is 0 Å². The molecule has 1 unspecified atom stereocenters. The van der Waals surface area contributed by atoms with Crippen molar-refractivity contribution in [1.29, 1.82) is 0 Å². The maximum absolute atomic E-state index is 13.0. The molecular weight excluding hydrogens is 324 g/mol. The number of imidazole rings is 1.